The summed E-state index contributed by atoms with van der Waals surface area (Å²) in [6.07, 6.45) is -1.12. The summed E-state index contributed by atoms with van der Waals surface area (Å²) in [5, 5.41) is 28.7. The van der Waals surface area contributed by atoms with Gasteiger partial charge in [-0.3, -0.25) is 9.69 Å². The lowest BCUT2D eigenvalue weighted by molar-refractivity contribution is -0.0705. The maximum absolute atomic E-state index is 12.1. The SMILES string of the molecule is CC(CO)(CO)N1C(=O)c2ccccc2C1O. The van der Waals surface area contributed by atoms with Gasteiger partial charge in [0.1, 0.15) is 0 Å². The van der Waals surface area contributed by atoms with E-state index in [9.17, 15) is 20.1 Å². The van der Waals surface area contributed by atoms with E-state index in [1.54, 1.807) is 24.3 Å². The number of rotatable bonds is 3. The fourth-order valence-electron chi connectivity index (χ4n) is 2.04. The van der Waals surface area contributed by atoms with Crippen LogP contribution in [0.15, 0.2) is 24.3 Å². The first kappa shape index (κ1) is 12.0. The van der Waals surface area contributed by atoms with Gasteiger partial charge in [0.05, 0.1) is 18.8 Å². The van der Waals surface area contributed by atoms with Crippen LogP contribution in [-0.4, -0.2) is 44.9 Å². The lowest BCUT2D eigenvalue weighted by Gasteiger charge is -2.37. The second kappa shape index (κ2) is 4.10. The molecule has 0 bridgehead atoms. The number of fused-ring (bicyclic) bond motifs is 1. The van der Waals surface area contributed by atoms with E-state index < -0.39 is 25.0 Å². The fraction of sp³-hybridized carbons (Fsp3) is 0.417. The summed E-state index contributed by atoms with van der Waals surface area (Å²) >= 11 is 0. The van der Waals surface area contributed by atoms with Gasteiger partial charge in [0, 0.05) is 11.1 Å². The van der Waals surface area contributed by atoms with E-state index in [0.29, 0.717) is 11.1 Å². The maximum atomic E-state index is 12.1. The normalized spacial score (nSPS) is 19.6. The number of nitrogens with zero attached hydrogens (tertiary/aromatic N) is 1. The first-order valence-corrected chi connectivity index (χ1v) is 5.37. The maximum Gasteiger partial charge on any atom is 0.257 e. The summed E-state index contributed by atoms with van der Waals surface area (Å²) in [4.78, 5) is 13.2. The number of aliphatic hydroxyl groups is 3. The number of hydrogen-bond donors (Lipinski definition) is 3. The third-order valence-electron chi connectivity index (χ3n) is 3.20. The predicted molar refractivity (Wildman–Crippen MR) is 60.1 cm³/mol. The average Bonchev–Trinajstić information content (AvgIpc) is 2.62. The van der Waals surface area contributed by atoms with Crippen molar-refractivity contribution in [1.29, 1.82) is 0 Å². The van der Waals surface area contributed by atoms with Gasteiger partial charge in [-0.2, -0.15) is 0 Å². The monoisotopic (exact) mass is 237 g/mol. The van der Waals surface area contributed by atoms with Crippen molar-refractivity contribution < 1.29 is 20.1 Å². The minimum Gasteiger partial charge on any atom is -0.394 e. The Labute approximate surface area is 98.9 Å². The number of hydrogen-bond acceptors (Lipinski definition) is 4. The van der Waals surface area contributed by atoms with Gasteiger partial charge in [-0.1, -0.05) is 18.2 Å². The second-order valence-electron chi connectivity index (χ2n) is 4.45. The molecule has 1 atom stereocenters. The molecular formula is C12H15NO4. The van der Waals surface area contributed by atoms with Crippen molar-refractivity contribution in [2.24, 2.45) is 0 Å². The molecule has 5 heteroatoms. The number of carbonyl (C=O) groups is 1. The molecule has 1 amide bonds. The number of aliphatic hydroxyl groups excluding tert-OH is 3. The van der Waals surface area contributed by atoms with Gasteiger partial charge >= 0.3 is 0 Å². The van der Waals surface area contributed by atoms with Crippen molar-refractivity contribution in [2.75, 3.05) is 13.2 Å². The van der Waals surface area contributed by atoms with E-state index in [0.717, 1.165) is 4.90 Å². The van der Waals surface area contributed by atoms with Gasteiger partial charge < -0.3 is 15.3 Å². The highest BCUT2D eigenvalue weighted by atomic mass is 16.3. The van der Waals surface area contributed by atoms with Crippen LogP contribution >= 0.6 is 0 Å². The zero-order valence-electron chi connectivity index (χ0n) is 9.50. The summed E-state index contributed by atoms with van der Waals surface area (Å²) < 4.78 is 0. The lowest BCUT2D eigenvalue weighted by atomic mass is 10.0. The molecule has 17 heavy (non-hydrogen) atoms. The Morgan fingerprint density at radius 3 is 2.41 bits per heavy atom. The van der Waals surface area contributed by atoms with Crippen LogP contribution in [0.2, 0.25) is 0 Å². The van der Waals surface area contributed by atoms with Gasteiger partial charge in [-0.25, -0.2) is 0 Å². The highest BCUT2D eigenvalue weighted by molar-refractivity contribution is 5.99. The molecule has 1 heterocycles. The topological polar surface area (TPSA) is 81.0 Å². The molecule has 2 rings (SSSR count). The van der Waals surface area contributed by atoms with Crippen molar-refractivity contribution in [3.05, 3.63) is 35.4 Å². The lowest BCUT2D eigenvalue weighted by Crippen LogP contribution is -2.53. The van der Waals surface area contributed by atoms with Crippen molar-refractivity contribution in [1.82, 2.24) is 4.90 Å². The molecule has 0 spiro atoms. The molecule has 0 aromatic heterocycles. The van der Waals surface area contributed by atoms with E-state index in [2.05, 4.69) is 0 Å². The number of benzene rings is 1. The molecule has 92 valence electrons. The van der Waals surface area contributed by atoms with Crippen molar-refractivity contribution in [3.63, 3.8) is 0 Å². The average molecular weight is 237 g/mol. The molecule has 1 aliphatic rings. The molecule has 0 saturated carbocycles. The Kier molecular flexibility index (Phi) is 2.91. The third-order valence-corrected chi connectivity index (χ3v) is 3.20. The van der Waals surface area contributed by atoms with Gasteiger partial charge in [-0.05, 0) is 13.0 Å². The van der Waals surface area contributed by atoms with Crippen LogP contribution < -0.4 is 0 Å². The number of carbonyl (C=O) groups excluding carboxylic acids is 1. The molecule has 0 radical (unpaired) electrons. The van der Waals surface area contributed by atoms with Crippen molar-refractivity contribution >= 4 is 5.91 Å². The Hall–Kier alpha value is -1.43. The van der Waals surface area contributed by atoms with E-state index in [4.69, 9.17) is 0 Å². The zero-order chi connectivity index (χ0) is 12.6. The Morgan fingerprint density at radius 2 is 1.88 bits per heavy atom. The Morgan fingerprint density at radius 1 is 1.29 bits per heavy atom. The summed E-state index contributed by atoms with van der Waals surface area (Å²) in [7, 11) is 0. The number of amides is 1. The van der Waals surface area contributed by atoms with Crippen molar-refractivity contribution in [2.45, 2.75) is 18.7 Å². The molecule has 0 saturated heterocycles. The largest absolute Gasteiger partial charge is 0.394 e. The zero-order valence-corrected chi connectivity index (χ0v) is 9.50. The second-order valence-corrected chi connectivity index (χ2v) is 4.45. The molecule has 1 aromatic carbocycles. The van der Waals surface area contributed by atoms with Crippen LogP contribution in [0, 0.1) is 0 Å². The molecule has 1 aromatic rings. The summed E-state index contributed by atoms with van der Waals surface area (Å²) in [6, 6.07) is 6.72. The van der Waals surface area contributed by atoms with Crippen LogP contribution in [0.3, 0.4) is 0 Å². The molecule has 0 fully saturated rings. The summed E-state index contributed by atoms with van der Waals surface area (Å²) in [6.45, 7) is 0.695. The van der Waals surface area contributed by atoms with Crippen LogP contribution in [0.1, 0.15) is 29.1 Å². The highest BCUT2D eigenvalue weighted by Crippen LogP contribution is 2.36. The molecule has 0 aliphatic carbocycles. The molecule has 1 aliphatic heterocycles. The molecule has 5 nitrogen and oxygen atoms in total. The fourth-order valence-corrected chi connectivity index (χ4v) is 2.04. The van der Waals surface area contributed by atoms with Crippen LogP contribution in [-0.2, 0) is 0 Å². The van der Waals surface area contributed by atoms with Crippen LogP contribution in [0.25, 0.3) is 0 Å². The quantitative estimate of drug-likeness (QED) is 0.684. The van der Waals surface area contributed by atoms with E-state index in [-0.39, 0.29) is 5.91 Å². The van der Waals surface area contributed by atoms with E-state index in [1.165, 1.54) is 6.92 Å². The predicted octanol–water partition coefficient (Wildman–Crippen LogP) is -0.123. The van der Waals surface area contributed by atoms with Gasteiger partial charge in [0.15, 0.2) is 6.23 Å². The van der Waals surface area contributed by atoms with E-state index in [1.807, 2.05) is 0 Å². The molecule has 1 unspecified atom stereocenters. The van der Waals surface area contributed by atoms with Gasteiger partial charge in [-0.15, -0.1) is 0 Å². The van der Waals surface area contributed by atoms with Crippen molar-refractivity contribution in [3.8, 4) is 0 Å². The first-order chi connectivity index (χ1) is 8.05. The van der Waals surface area contributed by atoms with Gasteiger partial charge in [0.2, 0.25) is 0 Å². The smallest absolute Gasteiger partial charge is 0.257 e. The summed E-state index contributed by atoms with van der Waals surface area (Å²) in [5.41, 5.74) is -0.256. The molecule has 3 N–H and O–H groups in total. The minimum atomic E-state index is -1.17. The first-order valence-electron chi connectivity index (χ1n) is 5.37. The highest BCUT2D eigenvalue weighted by Gasteiger charge is 2.45. The van der Waals surface area contributed by atoms with Crippen LogP contribution in [0.4, 0.5) is 0 Å². The van der Waals surface area contributed by atoms with E-state index >= 15 is 0 Å². The Bertz CT molecular complexity index is 442. The summed E-state index contributed by atoms with van der Waals surface area (Å²) in [5.74, 6) is -0.376. The van der Waals surface area contributed by atoms with Gasteiger partial charge in [0.25, 0.3) is 5.91 Å². The standard InChI is InChI=1S/C12H15NO4/c1-12(6-14,7-15)13-10(16)8-4-2-3-5-9(8)11(13)17/h2-5,10,14-16H,6-7H2,1H3. The third kappa shape index (κ3) is 1.63. The molecular weight excluding hydrogens is 222 g/mol. The van der Waals surface area contributed by atoms with Crippen LogP contribution in [0.5, 0.6) is 0 Å². The minimum absolute atomic E-state index is 0.376. The Balaban J connectivity index is 2.46.